The Morgan fingerprint density at radius 1 is 1.43 bits per heavy atom. The van der Waals surface area contributed by atoms with Crippen molar-refractivity contribution in [2.45, 2.75) is 51.1 Å². The predicted octanol–water partition coefficient (Wildman–Crippen LogP) is 2.68. The summed E-state index contributed by atoms with van der Waals surface area (Å²) >= 11 is 0. The summed E-state index contributed by atoms with van der Waals surface area (Å²) in [5.74, 6) is -2.78. The molecule has 1 atom stereocenters. The minimum atomic E-state index is -2.57. The largest absolute Gasteiger partial charge is 0.348 e. The Balaban J connectivity index is 1.57. The molecule has 1 aromatic rings. The van der Waals surface area contributed by atoms with E-state index < -0.39 is 11.8 Å². The van der Waals surface area contributed by atoms with Crippen molar-refractivity contribution in [3.63, 3.8) is 0 Å². The van der Waals surface area contributed by atoms with Gasteiger partial charge in [0.25, 0.3) is 11.8 Å². The number of halogens is 2. The minimum absolute atomic E-state index is 0.0379. The number of carbonyl (C=O) groups is 1. The molecule has 1 saturated carbocycles. The number of alkyl halides is 2. The van der Waals surface area contributed by atoms with Crippen molar-refractivity contribution in [2.24, 2.45) is 5.92 Å². The molecule has 4 nitrogen and oxygen atoms in total. The van der Waals surface area contributed by atoms with Crippen LogP contribution in [0, 0.1) is 5.92 Å². The van der Waals surface area contributed by atoms with Crippen LogP contribution in [0.15, 0.2) is 6.07 Å². The molecule has 3 aliphatic rings. The molecule has 0 spiro atoms. The van der Waals surface area contributed by atoms with E-state index in [0.717, 1.165) is 35.4 Å². The molecule has 124 valence electrons. The maximum absolute atomic E-state index is 13.6. The SMILES string of the molecule is C[C@@H]1CN(Cc2cc3c(c(C4CC4)n2)CNC3=O)CCC1(F)F. The van der Waals surface area contributed by atoms with Crippen LogP contribution >= 0.6 is 0 Å². The van der Waals surface area contributed by atoms with Crippen LogP contribution in [0.4, 0.5) is 8.78 Å². The van der Waals surface area contributed by atoms with Gasteiger partial charge in [-0.2, -0.15) is 0 Å². The van der Waals surface area contributed by atoms with E-state index in [9.17, 15) is 13.6 Å². The van der Waals surface area contributed by atoms with E-state index in [0.29, 0.717) is 32.1 Å². The molecule has 0 unspecified atom stereocenters. The number of aromatic nitrogens is 1. The van der Waals surface area contributed by atoms with E-state index in [4.69, 9.17) is 4.98 Å². The lowest BCUT2D eigenvalue weighted by Crippen LogP contribution is -2.45. The lowest BCUT2D eigenvalue weighted by atomic mass is 9.95. The highest BCUT2D eigenvalue weighted by Gasteiger charge is 2.41. The van der Waals surface area contributed by atoms with E-state index in [2.05, 4.69) is 5.32 Å². The maximum atomic E-state index is 13.6. The van der Waals surface area contributed by atoms with Gasteiger partial charge in [0, 0.05) is 61.3 Å². The molecule has 4 rings (SSSR count). The third-order valence-electron chi connectivity index (χ3n) is 5.24. The van der Waals surface area contributed by atoms with Gasteiger partial charge in [-0.15, -0.1) is 0 Å². The Kier molecular flexibility index (Phi) is 3.41. The average molecular weight is 321 g/mol. The number of carbonyl (C=O) groups excluding carboxylic acids is 1. The van der Waals surface area contributed by atoms with Crippen molar-refractivity contribution in [1.29, 1.82) is 0 Å². The van der Waals surface area contributed by atoms with Crippen LogP contribution < -0.4 is 5.32 Å². The second-order valence-corrected chi connectivity index (χ2v) is 7.13. The molecule has 23 heavy (non-hydrogen) atoms. The summed E-state index contributed by atoms with van der Waals surface area (Å²) in [6.07, 6.45) is 2.16. The number of likely N-dealkylation sites (tertiary alicyclic amines) is 1. The molecule has 1 aromatic heterocycles. The highest BCUT2D eigenvalue weighted by atomic mass is 19.3. The van der Waals surface area contributed by atoms with Crippen LogP contribution in [0.25, 0.3) is 0 Å². The fourth-order valence-electron chi connectivity index (χ4n) is 3.61. The molecule has 1 saturated heterocycles. The van der Waals surface area contributed by atoms with E-state index in [1.54, 1.807) is 6.92 Å². The molecule has 2 fully saturated rings. The van der Waals surface area contributed by atoms with Crippen molar-refractivity contribution in [3.8, 4) is 0 Å². The van der Waals surface area contributed by atoms with Crippen molar-refractivity contribution < 1.29 is 13.6 Å². The van der Waals surface area contributed by atoms with E-state index in [1.165, 1.54) is 0 Å². The third-order valence-corrected chi connectivity index (χ3v) is 5.24. The highest BCUT2D eigenvalue weighted by molar-refractivity contribution is 5.98. The van der Waals surface area contributed by atoms with Gasteiger partial charge in [0.15, 0.2) is 0 Å². The molecule has 1 aliphatic carbocycles. The third kappa shape index (κ3) is 2.73. The zero-order valence-electron chi connectivity index (χ0n) is 13.2. The monoisotopic (exact) mass is 321 g/mol. The average Bonchev–Trinajstić information content (AvgIpc) is 3.28. The van der Waals surface area contributed by atoms with Gasteiger partial charge in [-0.1, -0.05) is 6.92 Å². The quantitative estimate of drug-likeness (QED) is 0.931. The number of nitrogens with one attached hydrogen (secondary N) is 1. The number of hydrogen-bond acceptors (Lipinski definition) is 3. The molecular weight excluding hydrogens is 300 g/mol. The molecule has 1 N–H and O–H groups in total. The normalized spacial score (nSPS) is 26.9. The van der Waals surface area contributed by atoms with Crippen molar-refractivity contribution in [1.82, 2.24) is 15.2 Å². The van der Waals surface area contributed by atoms with Gasteiger partial charge in [0.1, 0.15) is 0 Å². The van der Waals surface area contributed by atoms with Crippen LogP contribution in [0.3, 0.4) is 0 Å². The molecule has 2 aliphatic heterocycles. The topological polar surface area (TPSA) is 45.2 Å². The summed E-state index contributed by atoms with van der Waals surface area (Å²) < 4.78 is 27.2. The number of rotatable bonds is 3. The smallest absolute Gasteiger partial charge is 0.253 e. The van der Waals surface area contributed by atoms with Crippen molar-refractivity contribution >= 4 is 5.91 Å². The first kappa shape index (κ1) is 15.0. The van der Waals surface area contributed by atoms with Crippen LogP contribution in [-0.2, 0) is 13.1 Å². The summed E-state index contributed by atoms with van der Waals surface area (Å²) in [5.41, 5.74) is 3.65. The first-order chi connectivity index (χ1) is 10.9. The van der Waals surface area contributed by atoms with E-state index >= 15 is 0 Å². The number of nitrogens with zero attached hydrogens (tertiary/aromatic N) is 2. The molecule has 0 radical (unpaired) electrons. The zero-order chi connectivity index (χ0) is 16.2. The second kappa shape index (κ2) is 5.23. The Labute approximate surface area is 134 Å². The summed E-state index contributed by atoms with van der Waals surface area (Å²) in [6.45, 7) is 3.46. The van der Waals surface area contributed by atoms with Gasteiger partial charge in [0.2, 0.25) is 0 Å². The maximum Gasteiger partial charge on any atom is 0.253 e. The van der Waals surface area contributed by atoms with Gasteiger partial charge in [0.05, 0.1) is 5.69 Å². The summed E-state index contributed by atoms with van der Waals surface area (Å²) in [5, 5.41) is 2.86. The van der Waals surface area contributed by atoms with Crippen LogP contribution in [0.1, 0.15) is 59.4 Å². The second-order valence-electron chi connectivity index (χ2n) is 7.13. The fraction of sp³-hybridized carbons (Fsp3) is 0.647. The van der Waals surface area contributed by atoms with Crippen molar-refractivity contribution in [3.05, 3.63) is 28.6 Å². The first-order valence-electron chi connectivity index (χ1n) is 8.35. The van der Waals surface area contributed by atoms with Crippen molar-refractivity contribution in [2.75, 3.05) is 13.1 Å². The van der Waals surface area contributed by atoms with Crippen LogP contribution in [-0.4, -0.2) is 34.8 Å². The number of fused-ring (bicyclic) bond motifs is 1. The molecule has 1 amide bonds. The van der Waals surface area contributed by atoms with E-state index in [1.807, 2.05) is 11.0 Å². The Bertz CT molecular complexity index is 657. The molecule has 0 aromatic carbocycles. The number of piperidine rings is 1. The molecule has 3 heterocycles. The first-order valence-corrected chi connectivity index (χ1v) is 8.35. The van der Waals surface area contributed by atoms with Gasteiger partial charge in [-0.25, -0.2) is 8.78 Å². The van der Waals surface area contributed by atoms with Gasteiger partial charge in [-0.05, 0) is 18.9 Å². The number of amides is 1. The Morgan fingerprint density at radius 2 is 2.22 bits per heavy atom. The van der Waals surface area contributed by atoms with Gasteiger partial charge in [-0.3, -0.25) is 14.7 Å². The molecular formula is C17H21F2N3O. The molecule has 6 heteroatoms. The number of pyridine rings is 1. The van der Waals surface area contributed by atoms with Gasteiger partial charge < -0.3 is 5.32 Å². The van der Waals surface area contributed by atoms with Crippen LogP contribution in [0.2, 0.25) is 0 Å². The minimum Gasteiger partial charge on any atom is -0.348 e. The zero-order valence-corrected chi connectivity index (χ0v) is 13.2. The van der Waals surface area contributed by atoms with Gasteiger partial charge >= 0.3 is 0 Å². The fourth-order valence-corrected chi connectivity index (χ4v) is 3.61. The Hall–Kier alpha value is -1.56. The van der Waals surface area contributed by atoms with E-state index in [-0.39, 0.29) is 12.3 Å². The summed E-state index contributed by atoms with van der Waals surface area (Å²) in [4.78, 5) is 18.8. The Morgan fingerprint density at radius 3 is 2.91 bits per heavy atom. The van der Waals surface area contributed by atoms with Crippen LogP contribution in [0.5, 0.6) is 0 Å². The lowest BCUT2D eigenvalue weighted by molar-refractivity contribution is -0.100. The predicted molar refractivity (Wildman–Crippen MR) is 81.4 cm³/mol. The summed E-state index contributed by atoms with van der Waals surface area (Å²) in [7, 11) is 0. The standard InChI is InChI=1S/C17H21F2N3O/c1-10-8-22(5-4-17(10,18)19)9-12-6-13-14(7-20-16(13)23)15(21-12)11-2-3-11/h6,10-11H,2-5,7-9H2,1H3,(H,20,23)/t10-/m1/s1. The summed E-state index contributed by atoms with van der Waals surface area (Å²) in [6, 6.07) is 1.85. The number of hydrogen-bond donors (Lipinski definition) is 1. The lowest BCUT2D eigenvalue weighted by Gasteiger charge is -2.36. The molecule has 0 bridgehead atoms. The highest BCUT2D eigenvalue weighted by Crippen LogP contribution is 2.42.